The highest BCUT2D eigenvalue weighted by molar-refractivity contribution is 5.38. The quantitative estimate of drug-likeness (QED) is 0.619. The first-order valence-electron chi connectivity index (χ1n) is 12.0. The molecule has 2 fully saturated rings. The Kier molecular flexibility index (Phi) is 8.05. The molecule has 2 N–H and O–H groups in total. The summed E-state index contributed by atoms with van der Waals surface area (Å²) in [5, 5.41) is 17.4. The Morgan fingerprint density at radius 2 is 1.78 bits per heavy atom. The SMILES string of the molecule is COc1cc(CN2CCN(Cc3cn[nH]c3C3CCCCC3)C[C@@H]2CCO)cc(OC)c1. The highest BCUT2D eigenvalue weighted by atomic mass is 16.5. The summed E-state index contributed by atoms with van der Waals surface area (Å²) in [6, 6.07) is 6.37. The lowest BCUT2D eigenvalue weighted by atomic mass is 9.85. The molecule has 0 bridgehead atoms. The number of ether oxygens (including phenoxy) is 2. The smallest absolute Gasteiger partial charge is 0.122 e. The van der Waals surface area contributed by atoms with Gasteiger partial charge in [0.15, 0.2) is 0 Å². The van der Waals surface area contributed by atoms with Crippen molar-refractivity contribution in [2.45, 2.75) is 63.6 Å². The molecule has 1 aliphatic heterocycles. The first-order valence-corrected chi connectivity index (χ1v) is 12.0. The maximum Gasteiger partial charge on any atom is 0.122 e. The van der Waals surface area contributed by atoms with Crippen molar-refractivity contribution >= 4 is 0 Å². The molecule has 32 heavy (non-hydrogen) atoms. The molecule has 4 rings (SSSR count). The summed E-state index contributed by atoms with van der Waals surface area (Å²) < 4.78 is 10.9. The molecule has 2 aromatic rings. The van der Waals surface area contributed by atoms with Gasteiger partial charge >= 0.3 is 0 Å². The van der Waals surface area contributed by atoms with Crippen molar-refractivity contribution in [3.63, 3.8) is 0 Å². The van der Waals surface area contributed by atoms with Gasteiger partial charge in [0.05, 0.1) is 20.4 Å². The standard InChI is InChI=1S/C25H38N4O3/c1-31-23-12-19(13-24(14-23)32-2)16-29-10-9-28(18-22(29)8-11-30)17-21-15-26-27-25(21)20-6-4-3-5-7-20/h12-15,20,22,30H,3-11,16-18H2,1-2H3,(H,26,27)/t22-/m0/s1. The largest absolute Gasteiger partial charge is 0.497 e. The second kappa shape index (κ2) is 11.2. The van der Waals surface area contributed by atoms with Gasteiger partial charge in [-0.05, 0) is 37.0 Å². The third-order valence-corrected chi connectivity index (χ3v) is 7.11. The maximum atomic E-state index is 9.72. The van der Waals surface area contributed by atoms with E-state index < -0.39 is 0 Å². The zero-order chi connectivity index (χ0) is 22.3. The van der Waals surface area contributed by atoms with Crippen LogP contribution in [0.25, 0.3) is 0 Å². The van der Waals surface area contributed by atoms with Gasteiger partial charge in [-0.2, -0.15) is 5.10 Å². The predicted octanol–water partition coefficient (Wildman–Crippen LogP) is 3.54. The van der Waals surface area contributed by atoms with Crippen LogP contribution in [0.15, 0.2) is 24.4 Å². The number of methoxy groups -OCH3 is 2. The van der Waals surface area contributed by atoms with Crippen molar-refractivity contribution in [1.82, 2.24) is 20.0 Å². The van der Waals surface area contributed by atoms with E-state index in [0.717, 1.165) is 50.6 Å². The van der Waals surface area contributed by atoms with E-state index in [-0.39, 0.29) is 6.61 Å². The molecule has 0 amide bonds. The Balaban J connectivity index is 1.41. The van der Waals surface area contributed by atoms with E-state index in [2.05, 4.69) is 32.1 Å². The number of piperazine rings is 1. The number of aliphatic hydroxyl groups is 1. The highest BCUT2D eigenvalue weighted by Crippen LogP contribution is 2.34. The van der Waals surface area contributed by atoms with E-state index >= 15 is 0 Å². The van der Waals surface area contributed by atoms with Crippen LogP contribution in [-0.2, 0) is 13.1 Å². The summed E-state index contributed by atoms with van der Waals surface area (Å²) in [6.45, 7) is 4.90. The number of rotatable bonds is 9. The number of aromatic nitrogens is 2. The van der Waals surface area contributed by atoms with E-state index in [1.54, 1.807) is 14.2 Å². The van der Waals surface area contributed by atoms with Gasteiger partial charge in [-0.3, -0.25) is 14.9 Å². The lowest BCUT2D eigenvalue weighted by Gasteiger charge is -2.41. The average Bonchev–Trinajstić information content (AvgIpc) is 3.29. The summed E-state index contributed by atoms with van der Waals surface area (Å²) in [5.74, 6) is 2.26. The normalized spacial score (nSPS) is 21.0. The first-order chi connectivity index (χ1) is 15.7. The number of aliphatic hydroxyl groups excluding tert-OH is 1. The third-order valence-electron chi connectivity index (χ3n) is 7.11. The van der Waals surface area contributed by atoms with Gasteiger partial charge in [0.25, 0.3) is 0 Å². The summed E-state index contributed by atoms with van der Waals surface area (Å²) in [5.41, 5.74) is 3.88. The molecule has 1 aromatic carbocycles. The summed E-state index contributed by atoms with van der Waals surface area (Å²) in [6.07, 6.45) is 9.38. The van der Waals surface area contributed by atoms with E-state index in [4.69, 9.17) is 9.47 Å². The van der Waals surface area contributed by atoms with Gasteiger partial charge in [-0.25, -0.2) is 0 Å². The van der Waals surface area contributed by atoms with E-state index in [0.29, 0.717) is 12.0 Å². The van der Waals surface area contributed by atoms with Crippen molar-refractivity contribution in [3.05, 3.63) is 41.2 Å². The molecule has 2 aliphatic rings. The Hall–Kier alpha value is -2.09. The van der Waals surface area contributed by atoms with Gasteiger partial charge in [0, 0.05) is 68.6 Å². The maximum absolute atomic E-state index is 9.72. The van der Waals surface area contributed by atoms with Crippen LogP contribution in [0.1, 0.15) is 61.3 Å². The summed E-state index contributed by atoms with van der Waals surface area (Å²) in [7, 11) is 3.37. The second-order valence-electron chi connectivity index (χ2n) is 9.24. The van der Waals surface area contributed by atoms with Crippen molar-refractivity contribution in [2.24, 2.45) is 0 Å². The van der Waals surface area contributed by atoms with Gasteiger partial charge < -0.3 is 14.6 Å². The number of nitrogens with one attached hydrogen (secondary N) is 1. The molecule has 0 unspecified atom stereocenters. The van der Waals surface area contributed by atoms with Gasteiger partial charge in [0.2, 0.25) is 0 Å². The van der Waals surface area contributed by atoms with Gasteiger partial charge in [-0.1, -0.05) is 19.3 Å². The Morgan fingerprint density at radius 1 is 1.03 bits per heavy atom. The third kappa shape index (κ3) is 5.63. The molecule has 7 heteroatoms. The fraction of sp³-hybridized carbons (Fsp3) is 0.640. The second-order valence-corrected chi connectivity index (χ2v) is 9.24. The van der Waals surface area contributed by atoms with Crippen LogP contribution < -0.4 is 9.47 Å². The molecule has 1 aromatic heterocycles. The summed E-state index contributed by atoms with van der Waals surface area (Å²) in [4.78, 5) is 5.01. The van der Waals surface area contributed by atoms with Gasteiger partial charge in [0.1, 0.15) is 11.5 Å². The monoisotopic (exact) mass is 442 g/mol. The lowest BCUT2D eigenvalue weighted by Crippen LogP contribution is -2.52. The molecule has 2 heterocycles. The average molecular weight is 443 g/mol. The fourth-order valence-corrected chi connectivity index (χ4v) is 5.36. The molecule has 7 nitrogen and oxygen atoms in total. The predicted molar refractivity (Wildman–Crippen MR) is 125 cm³/mol. The minimum atomic E-state index is 0.204. The first kappa shape index (κ1) is 23.1. The van der Waals surface area contributed by atoms with Crippen LogP contribution >= 0.6 is 0 Å². The number of benzene rings is 1. The lowest BCUT2D eigenvalue weighted by molar-refractivity contribution is 0.0497. The Morgan fingerprint density at radius 3 is 2.47 bits per heavy atom. The summed E-state index contributed by atoms with van der Waals surface area (Å²) >= 11 is 0. The molecule has 1 atom stereocenters. The van der Waals surface area contributed by atoms with Gasteiger partial charge in [-0.15, -0.1) is 0 Å². The van der Waals surface area contributed by atoms with Crippen molar-refractivity contribution in [3.8, 4) is 11.5 Å². The fourth-order valence-electron chi connectivity index (χ4n) is 5.36. The van der Waals surface area contributed by atoms with E-state index in [1.807, 2.05) is 12.3 Å². The van der Waals surface area contributed by atoms with Crippen LogP contribution in [0.2, 0.25) is 0 Å². The van der Waals surface area contributed by atoms with Crippen LogP contribution in [0.4, 0.5) is 0 Å². The highest BCUT2D eigenvalue weighted by Gasteiger charge is 2.28. The van der Waals surface area contributed by atoms with Crippen LogP contribution in [-0.4, -0.2) is 71.6 Å². The molecule has 176 valence electrons. The number of nitrogens with zero attached hydrogens (tertiary/aromatic N) is 3. The zero-order valence-electron chi connectivity index (χ0n) is 19.6. The molecule has 0 spiro atoms. The van der Waals surface area contributed by atoms with E-state index in [1.165, 1.54) is 48.9 Å². The van der Waals surface area contributed by atoms with Crippen molar-refractivity contribution < 1.29 is 14.6 Å². The minimum Gasteiger partial charge on any atom is -0.497 e. The number of hydrogen-bond acceptors (Lipinski definition) is 6. The van der Waals surface area contributed by atoms with Crippen LogP contribution in [0.5, 0.6) is 11.5 Å². The number of hydrogen-bond donors (Lipinski definition) is 2. The van der Waals surface area contributed by atoms with E-state index in [9.17, 15) is 5.11 Å². The molecule has 0 radical (unpaired) electrons. The molecular weight excluding hydrogens is 404 g/mol. The number of H-pyrrole nitrogens is 1. The zero-order valence-corrected chi connectivity index (χ0v) is 19.6. The number of aromatic amines is 1. The van der Waals surface area contributed by atoms with Crippen molar-refractivity contribution in [2.75, 3.05) is 40.5 Å². The molecular formula is C25H38N4O3. The Bertz CT molecular complexity index is 827. The van der Waals surface area contributed by atoms with Crippen LogP contribution in [0, 0.1) is 0 Å². The minimum absolute atomic E-state index is 0.204. The van der Waals surface area contributed by atoms with Crippen LogP contribution in [0.3, 0.4) is 0 Å². The molecule has 1 aliphatic carbocycles. The topological polar surface area (TPSA) is 73.9 Å². The Labute approximate surface area is 191 Å². The molecule has 1 saturated carbocycles. The van der Waals surface area contributed by atoms with Crippen molar-refractivity contribution in [1.29, 1.82) is 0 Å². The molecule has 1 saturated heterocycles.